The van der Waals surface area contributed by atoms with Crippen molar-refractivity contribution >= 4 is 5.91 Å². The number of ether oxygens (including phenoxy) is 1. The van der Waals surface area contributed by atoms with Gasteiger partial charge in [0.2, 0.25) is 0 Å². The molecule has 1 unspecified atom stereocenters. The summed E-state index contributed by atoms with van der Waals surface area (Å²) in [5.41, 5.74) is -0.0681. The lowest BCUT2D eigenvalue weighted by atomic mass is 10.2. The zero-order valence-corrected chi connectivity index (χ0v) is 9.16. The highest BCUT2D eigenvalue weighted by Crippen LogP contribution is 2.15. The van der Waals surface area contributed by atoms with Crippen molar-refractivity contribution in [2.24, 2.45) is 0 Å². The normalized spacial score (nSPS) is 12.0. The smallest absolute Gasteiger partial charge is 0.254 e. The summed E-state index contributed by atoms with van der Waals surface area (Å²) in [5.74, 6) is -0.854. The lowest BCUT2D eigenvalue weighted by Gasteiger charge is -2.08. The van der Waals surface area contributed by atoms with Crippen LogP contribution in [0, 0.1) is 5.82 Å². The third-order valence-corrected chi connectivity index (χ3v) is 1.98. The van der Waals surface area contributed by atoms with Gasteiger partial charge in [-0.15, -0.1) is 0 Å². The number of carbonyl (C=O) groups is 1. The van der Waals surface area contributed by atoms with Gasteiger partial charge in [-0.05, 0) is 19.1 Å². The summed E-state index contributed by atoms with van der Waals surface area (Å²) < 4.78 is 18.2. The van der Waals surface area contributed by atoms with Crippen LogP contribution in [-0.2, 0) is 0 Å². The molecule has 0 saturated heterocycles. The summed E-state index contributed by atoms with van der Waals surface area (Å²) in [6.45, 7) is 1.62. The first kappa shape index (κ1) is 12.4. The van der Waals surface area contributed by atoms with E-state index >= 15 is 0 Å². The van der Waals surface area contributed by atoms with Gasteiger partial charge in [-0.25, -0.2) is 4.39 Å². The van der Waals surface area contributed by atoms with Crippen LogP contribution in [0.1, 0.15) is 17.3 Å². The summed E-state index contributed by atoms with van der Waals surface area (Å²) in [4.78, 5) is 11.5. The fraction of sp³-hybridized carbons (Fsp3) is 0.364. The highest BCUT2D eigenvalue weighted by Gasteiger charge is 2.12. The first-order valence-electron chi connectivity index (χ1n) is 4.84. The molecule has 5 heteroatoms. The number of hydrogen-bond acceptors (Lipinski definition) is 3. The van der Waals surface area contributed by atoms with Gasteiger partial charge in [0.15, 0.2) is 0 Å². The van der Waals surface area contributed by atoms with Crippen molar-refractivity contribution in [3.8, 4) is 5.75 Å². The Morgan fingerprint density at radius 2 is 2.31 bits per heavy atom. The molecule has 0 radical (unpaired) electrons. The summed E-state index contributed by atoms with van der Waals surface area (Å²) in [7, 11) is 1.42. The molecule has 88 valence electrons. The summed E-state index contributed by atoms with van der Waals surface area (Å²) >= 11 is 0. The molecule has 16 heavy (non-hydrogen) atoms. The zero-order valence-electron chi connectivity index (χ0n) is 9.16. The molecule has 0 saturated carbocycles. The maximum Gasteiger partial charge on any atom is 0.254 e. The maximum atomic E-state index is 13.4. The van der Waals surface area contributed by atoms with Crippen LogP contribution in [0.3, 0.4) is 0 Å². The Hall–Kier alpha value is -1.62. The molecule has 0 aliphatic heterocycles. The zero-order chi connectivity index (χ0) is 12.1. The maximum absolute atomic E-state index is 13.4. The Bertz CT molecular complexity index is 379. The number of rotatable bonds is 4. The summed E-state index contributed by atoms with van der Waals surface area (Å²) in [5, 5.41) is 11.4. The molecule has 4 nitrogen and oxygen atoms in total. The van der Waals surface area contributed by atoms with E-state index in [1.807, 2.05) is 0 Å². The average Bonchev–Trinajstić information content (AvgIpc) is 2.25. The van der Waals surface area contributed by atoms with E-state index in [2.05, 4.69) is 5.32 Å². The van der Waals surface area contributed by atoms with Crippen LogP contribution in [0.15, 0.2) is 18.2 Å². The van der Waals surface area contributed by atoms with Crippen molar-refractivity contribution in [1.82, 2.24) is 5.32 Å². The van der Waals surface area contributed by atoms with Crippen LogP contribution >= 0.6 is 0 Å². The van der Waals surface area contributed by atoms with Gasteiger partial charge >= 0.3 is 0 Å². The molecular weight excluding hydrogens is 213 g/mol. The standard InChI is InChI=1S/C11H14FNO3/c1-7(14)6-13-11(15)9-4-3-8(16-2)5-10(9)12/h3-5,7,14H,6H2,1-2H3,(H,13,15). The topological polar surface area (TPSA) is 58.6 Å². The van der Waals surface area contributed by atoms with Gasteiger partial charge in [0.25, 0.3) is 5.91 Å². The fourth-order valence-corrected chi connectivity index (χ4v) is 1.14. The van der Waals surface area contributed by atoms with Crippen molar-refractivity contribution < 1.29 is 19.0 Å². The van der Waals surface area contributed by atoms with Gasteiger partial charge in [-0.3, -0.25) is 4.79 Å². The molecule has 1 amide bonds. The molecular formula is C11H14FNO3. The molecule has 1 aromatic carbocycles. The second-order valence-electron chi connectivity index (χ2n) is 3.40. The van der Waals surface area contributed by atoms with E-state index in [0.29, 0.717) is 5.75 Å². The third kappa shape index (κ3) is 3.20. The van der Waals surface area contributed by atoms with Crippen LogP contribution in [0.25, 0.3) is 0 Å². The number of aliphatic hydroxyl groups is 1. The lowest BCUT2D eigenvalue weighted by molar-refractivity contribution is 0.0920. The molecule has 0 bridgehead atoms. The van der Waals surface area contributed by atoms with Crippen LogP contribution in [0.4, 0.5) is 4.39 Å². The summed E-state index contributed by atoms with van der Waals surface area (Å²) in [6, 6.07) is 3.98. The summed E-state index contributed by atoms with van der Waals surface area (Å²) in [6.07, 6.45) is -0.662. The number of methoxy groups -OCH3 is 1. The quantitative estimate of drug-likeness (QED) is 0.805. The van der Waals surface area contributed by atoms with Gasteiger partial charge in [-0.2, -0.15) is 0 Å². The van der Waals surface area contributed by atoms with E-state index in [1.165, 1.54) is 26.2 Å². The van der Waals surface area contributed by atoms with Crippen LogP contribution in [0.5, 0.6) is 5.75 Å². The van der Waals surface area contributed by atoms with E-state index in [-0.39, 0.29) is 12.1 Å². The molecule has 0 aliphatic carbocycles. The lowest BCUT2D eigenvalue weighted by Crippen LogP contribution is -2.31. The Morgan fingerprint density at radius 3 is 2.81 bits per heavy atom. The van der Waals surface area contributed by atoms with Gasteiger partial charge in [0.05, 0.1) is 18.8 Å². The number of benzene rings is 1. The minimum Gasteiger partial charge on any atom is -0.497 e. The molecule has 1 aromatic rings. The van der Waals surface area contributed by atoms with Gasteiger partial charge < -0.3 is 15.2 Å². The minimum atomic E-state index is -0.662. The van der Waals surface area contributed by atoms with Crippen LogP contribution in [-0.4, -0.2) is 30.8 Å². The highest BCUT2D eigenvalue weighted by molar-refractivity contribution is 5.94. The molecule has 1 rings (SSSR count). The minimum absolute atomic E-state index is 0.0681. The predicted octanol–water partition coefficient (Wildman–Crippen LogP) is 0.945. The number of hydrogen-bond donors (Lipinski definition) is 2. The molecule has 0 aliphatic rings. The van der Waals surface area contributed by atoms with Crippen molar-refractivity contribution in [3.63, 3.8) is 0 Å². The molecule has 1 atom stereocenters. The Morgan fingerprint density at radius 1 is 1.62 bits per heavy atom. The van der Waals surface area contributed by atoms with Crippen molar-refractivity contribution in [1.29, 1.82) is 0 Å². The van der Waals surface area contributed by atoms with Crippen molar-refractivity contribution in [3.05, 3.63) is 29.6 Å². The Labute approximate surface area is 93.0 Å². The Balaban J connectivity index is 2.76. The van der Waals surface area contributed by atoms with Gasteiger partial charge in [-0.1, -0.05) is 0 Å². The average molecular weight is 227 g/mol. The second-order valence-corrected chi connectivity index (χ2v) is 3.40. The molecule has 0 aromatic heterocycles. The molecule has 2 N–H and O–H groups in total. The van der Waals surface area contributed by atoms with E-state index in [4.69, 9.17) is 9.84 Å². The third-order valence-electron chi connectivity index (χ3n) is 1.98. The van der Waals surface area contributed by atoms with Crippen LogP contribution < -0.4 is 10.1 Å². The van der Waals surface area contributed by atoms with Crippen molar-refractivity contribution in [2.75, 3.05) is 13.7 Å². The first-order chi connectivity index (χ1) is 7.54. The number of aliphatic hydroxyl groups excluding tert-OH is 1. The number of nitrogens with one attached hydrogen (secondary N) is 1. The number of halogens is 1. The van der Waals surface area contributed by atoms with Crippen LogP contribution in [0.2, 0.25) is 0 Å². The van der Waals surface area contributed by atoms with E-state index < -0.39 is 17.8 Å². The Kier molecular flexibility index (Phi) is 4.25. The number of amides is 1. The highest BCUT2D eigenvalue weighted by atomic mass is 19.1. The van der Waals surface area contributed by atoms with Crippen molar-refractivity contribution in [2.45, 2.75) is 13.0 Å². The molecule has 0 fully saturated rings. The van der Waals surface area contributed by atoms with Gasteiger partial charge in [0, 0.05) is 12.6 Å². The first-order valence-corrected chi connectivity index (χ1v) is 4.84. The molecule has 0 spiro atoms. The van der Waals surface area contributed by atoms with E-state index in [1.54, 1.807) is 0 Å². The van der Waals surface area contributed by atoms with E-state index in [0.717, 1.165) is 6.07 Å². The monoisotopic (exact) mass is 227 g/mol. The SMILES string of the molecule is COc1ccc(C(=O)NCC(C)O)c(F)c1. The van der Waals surface area contributed by atoms with E-state index in [9.17, 15) is 9.18 Å². The van der Waals surface area contributed by atoms with Gasteiger partial charge in [0.1, 0.15) is 11.6 Å². The largest absolute Gasteiger partial charge is 0.497 e. The fourth-order valence-electron chi connectivity index (χ4n) is 1.14. The molecule has 0 heterocycles. The number of carbonyl (C=O) groups excluding carboxylic acids is 1. The second kappa shape index (κ2) is 5.46. The predicted molar refractivity (Wildman–Crippen MR) is 57.0 cm³/mol.